The van der Waals surface area contributed by atoms with E-state index in [9.17, 15) is 0 Å². The summed E-state index contributed by atoms with van der Waals surface area (Å²) in [5.41, 5.74) is 3.94. The van der Waals surface area contributed by atoms with Gasteiger partial charge in [-0.3, -0.25) is 0 Å². The van der Waals surface area contributed by atoms with E-state index in [4.69, 9.17) is 0 Å². The van der Waals surface area contributed by atoms with Gasteiger partial charge in [0, 0.05) is 0 Å². The second kappa shape index (κ2) is 3.38. The molecule has 11 heavy (non-hydrogen) atoms. The summed E-state index contributed by atoms with van der Waals surface area (Å²) < 4.78 is 0. The lowest BCUT2D eigenvalue weighted by atomic mass is 10.0. The predicted octanol–water partition coefficient (Wildman–Crippen LogP) is 2.83. The van der Waals surface area contributed by atoms with E-state index in [1.54, 1.807) is 0 Å². The van der Waals surface area contributed by atoms with E-state index in [0.29, 0.717) is 0 Å². The van der Waals surface area contributed by atoms with Gasteiger partial charge < -0.3 is 0 Å². The van der Waals surface area contributed by atoms with Crippen molar-refractivity contribution < 1.29 is 0 Å². The molecule has 0 saturated carbocycles. The summed E-state index contributed by atoms with van der Waals surface area (Å²) in [4.78, 5) is 0. The van der Waals surface area contributed by atoms with Gasteiger partial charge in [0.25, 0.3) is 0 Å². The monoisotopic (exact) mass is 145 g/mol. The molecule has 0 aliphatic carbocycles. The average Bonchev–Trinajstić information content (AvgIpc) is 1.99. The Kier molecular flexibility index (Phi) is 2.48. The SMILES string of the molecule is C=CCc1[c]ccc(C)c1C. The van der Waals surface area contributed by atoms with Crippen molar-refractivity contribution in [3.05, 3.63) is 47.5 Å². The van der Waals surface area contributed by atoms with Gasteiger partial charge in [0.2, 0.25) is 0 Å². The molecule has 0 amide bonds. The van der Waals surface area contributed by atoms with Crippen molar-refractivity contribution in [3.8, 4) is 0 Å². The molecule has 0 spiro atoms. The third-order valence-electron chi connectivity index (χ3n) is 1.98. The number of allylic oxidation sites excluding steroid dienone is 1. The van der Waals surface area contributed by atoms with Crippen LogP contribution in [0.3, 0.4) is 0 Å². The van der Waals surface area contributed by atoms with Crippen LogP contribution in [-0.4, -0.2) is 0 Å². The number of benzene rings is 1. The zero-order valence-corrected chi connectivity index (χ0v) is 7.15. The summed E-state index contributed by atoms with van der Waals surface area (Å²) in [5, 5.41) is 0. The van der Waals surface area contributed by atoms with Gasteiger partial charge in [0.15, 0.2) is 0 Å². The molecule has 1 rings (SSSR count). The molecule has 0 atom stereocenters. The van der Waals surface area contributed by atoms with Crippen molar-refractivity contribution in [2.24, 2.45) is 0 Å². The first-order chi connectivity index (χ1) is 5.25. The lowest BCUT2D eigenvalue weighted by Gasteiger charge is -2.04. The van der Waals surface area contributed by atoms with Gasteiger partial charge in [-0.25, -0.2) is 0 Å². The van der Waals surface area contributed by atoms with Crippen LogP contribution in [0.25, 0.3) is 0 Å². The van der Waals surface area contributed by atoms with Crippen molar-refractivity contribution in [1.29, 1.82) is 0 Å². The standard InChI is InChI=1S/C11H13/c1-4-6-11-8-5-7-9(2)10(11)3/h4-5,7H,1,6H2,2-3H3. The summed E-state index contributed by atoms with van der Waals surface area (Å²) in [6.45, 7) is 7.96. The van der Waals surface area contributed by atoms with Crippen LogP contribution in [-0.2, 0) is 6.42 Å². The summed E-state index contributed by atoms with van der Waals surface area (Å²) in [5.74, 6) is 0. The molecule has 0 heterocycles. The van der Waals surface area contributed by atoms with Gasteiger partial charge in [-0.05, 0) is 43.0 Å². The fourth-order valence-electron chi connectivity index (χ4n) is 1.09. The molecule has 1 radical (unpaired) electrons. The molecule has 0 bridgehead atoms. The Hall–Kier alpha value is -1.04. The third kappa shape index (κ3) is 1.70. The molecular formula is C11H13. The van der Waals surface area contributed by atoms with Gasteiger partial charge >= 0.3 is 0 Å². The summed E-state index contributed by atoms with van der Waals surface area (Å²) in [6.07, 6.45) is 2.84. The van der Waals surface area contributed by atoms with Crippen molar-refractivity contribution >= 4 is 0 Å². The Morgan fingerprint density at radius 2 is 2.27 bits per heavy atom. The second-order valence-corrected chi connectivity index (χ2v) is 2.76. The highest BCUT2D eigenvalue weighted by atomic mass is 14.0. The van der Waals surface area contributed by atoms with Crippen molar-refractivity contribution in [3.63, 3.8) is 0 Å². The Morgan fingerprint density at radius 3 is 2.91 bits per heavy atom. The minimum Gasteiger partial charge on any atom is -0.103 e. The largest absolute Gasteiger partial charge is 0.103 e. The Labute approximate surface area is 68.6 Å². The van der Waals surface area contributed by atoms with Crippen LogP contribution < -0.4 is 0 Å². The maximum Gasteiger partial charge on any atom is -0.00912 e. The normalized spacial score (nSPS) is 9.64. The van der Waals surface area contributed by atoms with Gasteiger partial charge in [-0.15, -0.1) is 6.58 Å². The van der Waals surface area contributed by atoms with E-state index in [0.717, 1.165) is 6.42 Å². The molecule has 0 unspecified atom stereocenters. The first kappa shape index (κ1) is 8.06. The van der Waals surface area contributed by atoms with Gasteiger partial charge in [0.05, 0.1) is 0 Å². The van der Waals surface area contributed by atoms with Crippen LogP contribution in [0.4, 0.5) is 0 Å². The molecule has 0 nitrogen and oxygen atoms in total. The third-order valence-corrected chi connectivity index (χ3v) is 1.98. The molecule has 0 aliphatic rings. The van der Waals surface area contributed by atoms with E-state index < -0.39 is 0 Å². The summed E-state index contributed by atoms with van der Waals surface area (Å²) in [7, 11) is 0. The quantitative estimate of drug-likeness (QED) is 0.561. The topological polar surface area (TPSA) is 0 Å². The summed E-state index contributed by atoms with van der Waals surface area (Å²) in [6, 6.07) is 7.27. The van der Waals surface area contributed by atoms with Crippen LogP contribution in [0.5, 0.6) is 0 Å². The molecule has 1 aromatic carbocycles. The number of aryl methyl sites for hydroxylation is 1. The Balaban J connectivity index is 3.05. The lowest BCUT2D eigenvalue weighted by Crippen LogP contribution is -1.89. The molecule has 0 saturated heterocycles. The fourth-order valence-corrected chi connectivity index (χ4v) is 1.09. The number of hydrogen-bond donors (Lipinski definition) is 0. The smallest absolute Gasteiger partial charge is 0.00912 e. The van der Waals surface area contributed by atoms with Crippen LogP contribution >= 0.6 is 0 Å². The van der Waals surface area contributed by atoms with Gasteiger partial charge in [-0.2, -0.15) is 0 Å². The summed E-state index contributed by atoms with van der Waals surface area (Å²) >= 11 is 0. The number of hydrogen-bond acceptors (Lipinski definition) is 0. The van der Waals surface area contributed by atoms with Gasteiger partial charge in [0.1, 0.15) is 0 Å². The zero-order chi connectivity index (χ0) is 8.27. The molecule has 0 aromatic heterocycles. The van der Waals surface area contributed by atoms with Crippen LogP contribution in [0.2, 0.25) is 0 Å². The van der Waals surface area contributed by atoms with Gasteiger partial charge in [-0.1, -0.05) is 18.2 Å². The molecule has 0 fully saturated rings. The highest BCUT2D eigenvalue weighted by Gasteiger charge is 1.97. The Morgan fingerprint density at radius 1 is 1.55 bits per heavy atom. The molecule has 1 aromatic rings. The molecular weight excluding hydrogens is 132 g/mol. The maximum atomic E-state index is 3.71. The van der Waals surface area contributed by atoms with Crippen LogP contribution in [0.1, 0.15) is 16.7 Å². The first-order valence-corrected chi connectivity index (χ1v) is 3.83. The Bertz CT molecular complexity index is 259. The maximum absolute atomic E-state index is 3.71. The highest BCUT2D eigenvalue weighted by Crippen LogP contribution is 2.12. The van der Waals surface area contributed by atoms with Crippen molar-refractivity contribution in [1.82, 2.24) is 0 Å². The second-order valence-electron chi connectivity index (χ2n) is 2.76. The molecule has 0 heteroatoms. The first-order valence-electron chi connectivity index (χ1n) is 3.83. The predicted molar refractivity (Wildman–Crippen MR) is 48.7 cm³/mol. The van der Waals surface area contributed by atoms with Crippen LogP contribution in [0.15, 0.2) is 24.8 Å². The van der Waals surface area contributed by atoms with E-state index in [1.165, 1.54) is 16.7 Å². The zero-order valence-electron chi connectivity index (χ0n) is 7.15. The molecule has 0 N–H and O–H groups in total. The average molecular weight is 145 g/mol. The van der Waals surface area contributed by atoms with E-state index in [1.807, 2.05) is 12.1 Å². The minimum atomic E-state index is 0.924. The van der Waals surface area contributed by atoms with Crippen molar-refractivity contribution in [2.45, 2.75) is 20.3 Å². The highest BCUT2D eigenvalue weighted by molar-refractivity contribution is 5.33. The van der Waals surface area contributed by atoms with E-state index >= 15 is 0 Å². The molecule has 0 aliphatic heterocycles. The van der Waals surface area contributed by atoms with E-state index in [-0.39, 0.29) is 0 Å². The fraction of sp³-hybridized carbons (Fsp3) is 0.273. The molecule has 57 valence electrons. The lowest BCUT2D eigenvalue weighted by molar-refractivity contribution is 1.18. The van der Waals surface area contributed by atoms with Crippen molar-refractivity contribution in [2.75, 3.05) is 0 Å². The minimum absolute atomic E-state index is 0.924. The van der Waals surface area contributed by atoms with Crippen LogP contribution in [0, 0.1) is 19.9 Å². The number of rotatable bonds is 2. The van der Waals surface area contributed by atoms with E-state index in [2.05, 4.69) is 32.6 Å².